The number of methoxy groups -OCH3 is 1. The summed E-state index contributed by atoms with van der Waals surface area (Å²) < 4.78 is 5.07. The molecule has 0 spiro atoms. The summed E-state index contributed by atoms with van der Waals surface area (Å²) in [6.07, 6.45) is 3.36. The van der Waals surface area contributed by atoms with Gasteiger partial charge in [0.1, 0.15) is 5.75 Å². The Morgan fingerprint density at radius 1 is 0.966 bits per heavy atom. The van der Waals surface area contributed by atoms with Gasteiger partial charge in [0.05, 0.1) is 7.11 Å². The topological polar surface area (TPSA) is 96.5 Å². The average Bonchev–Trinajstić information content (AvgIpc) is 2.70. The van der Waals surface area contributed by atoms with Gasteiger partial charge in [0.15, 0.2) is 0 Å². The minimum absolute atomic E-state index is 0.0758. The molecule has 2 aromatic rings. The third-order valence-electron chi connectivity index (χ3n) is 3.87. The second kappa shape index (κ2) is 10.7. The van der Waals surface area contributed by atoms with Crippen LogP contribution in [0.3, 0.4) is 0 Å². The number of nitrogens with one attached hydrogen (secondary N) is 3. The number of anilines is 1. The highest BCUT2D eigenvalue weighted by atomic mass is 16.5. The number of rotatable bonds is 7. The van der Waals surface area contributed by atoms with Crippen molar-refractivity contribution >= 4 is 29.5 Å². The monoisotopic (exact) mass is 395 g/mol. The molecule has 0 heterocycles. The van der Waals surface area contributed by atoms with E-state index in [9.17, 15) is 14.4 Å². The zero-order chi connectivity index (χ0) is 21.2. The summed E-state index contributed by atoms with van der Waals surface area (Å²) >= 11 is 0. The highest BCUT2D eigenvalue weighted by Gasteiger charge is 2.08. The lowest BCUT2D eigenvalue weighted by Gasteiger charge is -2.08. The molecule has 2 aromatic carbocycles. The highest BCUT2D eigenvalue weighted by molar-refractivity contribution is 5.98. The Hall–Kier alpha value is -3.61. The quantitative estimate of drug-likeness (QED) is 0.496. The van der Waals surface area contributed by atoms with Crippen LogP contribution in [-0.4, -0.2) is 24.8 Å². The smallest absolute Gasteiger partial charge is 0.269 e. The third-order valence-corrected chi connectivity index (χ3v) is 3.87. The molecule has 29 heavy (non-hydrogen) atoms. The second-order valence-electron chi connectivity index (χ2n) is 6.77. The van der Waals surface area contributed by atoms with Gasteiger partial charge in [-0.1, -0.05) is 26.0 Å². The lowest BCUT2D eigenvalue weighted by molar-refractivity contribution is -0.117. The molecule has 0 atom stereocenters. The van der Waals surface area contributed by atoms with Crippen molar-refractivity contribution in [2.75, 3.05) is 12.4 Å². The highest BCUT2D eigenvalue weighted by Crippen LogP contribution is 2.12. The summed E-state index contributed by atoms with van der Waals surface area (Å²) in [5.41, 5.74) is 6.45. The first-order valence-electron chi connectivity index (χ1n) is 9.19. The predicted molar refractivity (Wildman–Crippen MR) is 112 cm³/mol. The summed E-state index contributed by atoms with van der Waals surface area (Å²) in [6, 6.07) is 13.6. The van der Waals surface area contributed by atoms with Crippen molar-refractivity contribution in [3.63, 3.8) is 0 Å². The number of benzene rings is 2. The summed E-state index contributed by atoms with van der Waals surface area (Å²) in [5, 5.41) is 2.77. The largest absolute Gasteiger partial charge is 0.497 e. The van der Waals surface area contributed by atoms with Crippen LogP contribution in [0.5, 0.6) is 5.75 Å². The number of carbonyl (C=O) groups excluding carboxylic acids is 3. The van der Waals surface area contributed by atoms with Gasteiger partial charge in [-0.3, -0.25) is 25.2 Å². The molecule has 0 fully saturated rings. The Kier molecular flexibility index (Phi) is 7.97. The van der Waals surface area contributed by atoms with Gasteiger partial charge in [-0.15, -0.1) is 0 Å². The van der Waals surface area contributed by atoms with E-state index in [0.29, 0.717) is 17.7 Å². The van der Waals surface area contributed by atoms with Crippen molar-refractivity contribution in [3.05, 3.63) is 65.7 Å². The molecule has 0 unspecified atom stereocenters. The van der Waals surface area contributed by atoms with Crippen LogP contribution >= 0.6 is 0 Å². The number of hydrogen-bond donors (Lipinski definition) is 3. The molecule has 0 aliphatic carbocycles. The lowest BCUT2D eigenvalue weighted by atomic mass is 10.1. The van der Waals surface area contributed by atoms with E-state index >= 15 is 0 Å². The molecule has 0 aliphatic rings. The van der Waals surface area contributed by atoms with Crippen LogP contribution in [0.25, 0.3) is 6.08 Å². The van der Waals surface area contributed by atoms with Crippen LogP contribution < -0.4 is 20.9 Å². The van der Waals surface area contributed by atoms with E-state index in [1.165, 1.54) is 6.08 Å². The molecule has 0 aliphatic heterocycles. The SMILES string of the molecule is COc1ccc(/C=C/C(=O)NNC(=O)c2ccc(NC(=O)CC(C)C)cc2)cc1. The summed E-state index contributed by atoms with van der Waals surface area (Å²) in [7, 11) is 1.58. The normalized spacial score (nSPS) is 10.6. The minimum atomic E-state index is -0.466. The Morgan fingerprint density at radius 3 is 2.21 bits per heavy atom. The standard InChI is InChI=1S/C22H25N3O4/c1-15(2)14-21(27)23-18-9-7-17(8-10-18)22(28)25-24-20(26)13-6-16-4-11-19(29-3)12-5-16/h4-13,15H,14H2,1-3H3,(H,23,27)(H,24,26)(H,25,28)/b13-6+. The number of ether oxygens (including phenoxy) is 1. The maximum Gasteiger partial charge on any atom is 0.269 e. The van der Waals surface area contributed by atoms with Gasteiger partial charge in [-0.25, -0.2) is 0 Å². The number of carbonyl (C=O) groups is 3. The van der Waals surface area contributed by atoms with Crippen LogP contribution in [-0.2, 0) is 9.59 Å². The van der Waals surface area contributed by atoms with Crippen LogP contribution in [0.15, 0.2) is 54.6 Å². The van der Waals surface area contributed by atoms with Crippen LogP contribution in [0, 0.1) is 5.92 Å². The van der Waals surface area contributed by atoms with E-state index in [4.69, 9.17) is 4.74 Å². The van der Waals surface area contributed by atoms with Gasteiger partial charge >= 0.3 is 0 Å². The number of hydrazine groups is 1. The van der Waals surface area contributed by atoms with E-state index in [1.807, 2.05) is 26.0 Å². The molecule has 0 saturated carbocycles. The summed E-state index contributed by atoms with van der Waals surface area (Å²) in [5.74, 6) is -0.0112. The molecule has 3 N–H and O–H groups in total. The predicted octanol–water partition coefficient (Wildman–Crippen LogP) is 3.15. The van der Waals surface area contributed by atoms with Crippen molar-refractivity contribution in [1.29, 1.82) is 0 Å². The van der Waals surface area contributed by atoms with Gasteiger partial charge in [-0.2, -0.15) is 0 Å². The fourth-order valence-electron chi connectivity index (χ4n) is 2.41. The first-order valence-corrected chi connectivity index (χ1v) is 9.19. The van der Waals surface area contributed by atoms with Crippen molar-refractivity contribution in [2.24, 2.45) is 5.92 Å². The van der Waals surface area contributed by atoms with E-state index in [0.717, 1.165) is 11.3 Å². The molecule has 0 saturated heterocycles. The molecular weight excluding hydrogens is 370 g/mol. The summed E-state index contributed by atoms with van der Waals surface area (Å²) in [4.78, 5) is 35.7. The van der Waals surface area contributed by atoms with Crippen molar-refractivity contribution < 1.29 is 19.1 Å². The van der Waals surface area contributed by atoms with E-state index in [2.05, 4.69) is 16.2 Å². The average molecular weight is 395 g/mol. The molecule has 0 aromatic heterocycles. The van der Waals surface area contributed by atoms with Crippen LogP contribution in [0.4, 0.5) is 5.69 Å². The molecule has 152 valence electrons. The Labute approximate surface area is 170 Å². The third kappa shape index (κ3) is 7.50. The molecule has 0 bridgehead atoms. The fraction of sp³-hybridized carbons (Fsp3) is 0.227. The van der Waals surface area contributed by atoms with Gasteiger partial charge in [-0.05, 0) is 54.0 Å². The Bertz CT molecular complexity index is 872. The van der Waals surface area contributed by atoms with E-state index in [-0.39, 0.29) is 11.8 Å². The molecule has 2 rings (SSSR count). The zero-order valence-electron chi connectivity index (χ0n) is 16.7. The van der Waals surface area contributed by atoms with E-state index in [1.54, 1.807) is 49.6 Å². The van der Waals surface area contributed by atoms with E-state index < -0.39 is 11.8 Å². The first kappa shape index (κ1) is 21.7. The minimum Gasteiger partial charge on any atom is -0.497 e. The molecule has 7 heteroatoms. The zero-order valence-corrected chi connectivity index (χ0v) is 16.7. The summed E-state index contributed by atoms with van der Waals surface area (Å²) in [6.45, 7) is 3.93. The van der Waals surface area contributed by atoms with Gasteiger partial charge in [0.2, 0.25) is 5.91 Å². The number of amides is 3. The van der Waals surface area contributed by atoms with Gasteiger partial charge in [0, 0.05) is 23.7 Å². The van der Waals surface area contributed by atoms with Gasteiger partial charge in [0.25, 0.3) is 11.8 Å². The maximum absolute atomic E-state index is 12.1. The van der Waals surface area contributed by atoms with Crippen molar-refractivity contribution in [1.82, 2.24) is 10.9 Å². The van der Waals surface area contributed by atoms with Crippen molar-refractivity contribution in [3.8, 4) is 5.75 Å². The Balaban J connectivity index is 1.82. The molecule has 7 nitrogen and oxygen atoms in total. The van der Waals surface area contributed by atoms with Crippen molar-refractivity contribution in [2.45, 2.75) is 20.3 Å². The van der Waals surface area contributed by atoms with Crippen LogP contribution in [0.2, 0.25) is 0 Å². The molecule has 0 radical (unpaired) electrons. The lowest BCUT2D eigenvalue weighted by Crippen LogP contribution is -2.40. The fourth-order valence-corrected chi connectivity index (χ4v) is 2.41. The molecular formula is C22H25N3O4. The Morgan fingerprint density at radius 2 is 1.62 bits per heavy atom. The molecule has 3 amide bonds. The first-order chi connectivity index (χ1) is 13.9. The van der Waals surface area contributed by atoms with Gasteiger partial charge < -0.3 is 10.1 Å². The number of hydrogen-bond acceptors (Lipinski definition) is 4. The second-order valence-corrected chi connectivity index (χ2v) is 6.77. The maximum atomic E-state index is 12.1. The van der Waals surface area contributed by atoms with Crippen LogP contribution in [0.1, 0.15) is 36.2 Å².